The number of anilines is 1. The van der Waals surface area contributed by atoms with Crippen molar-refractivity contribution in [1.82, 2.24) is 0 Å². The summed E-state index contributed by atoms with van der Waals surface area (Å²) in [7, 11) is 0. The molecule has 3 aliphatic heterocycles. The van der Waals surface area contributed by atoms with Crippen molar-refractivity contribution in [2.45, 2.75) is 66.7 Å². The molecule has 1 aliphatic carbocycles. The Balaban J connectivity index is 1.53. The second-order valence-corrected chi connectivity index (χ2v) is 12.3. The highest BCUT2D eigenvalue weighted by Crippen LogP contribution is 2.46. The monoisotopic (exact) mass is 465 g/mol. The molecule has 0 amide bonds. The van der Waals surface area contributed by atoms with Crippen molar-refractivity contribution in [2.75, 3.05) is 18.0 Å². The molecule has 0 N–H and O–H groups in total. The largest absolute Gasteiger partial charge is 0.461 e. The Labute approximate surface area is 210 Å². The number of hydrogen-bond donors (Lipinski definition) is 0. The molecule has 0 spiro atoms. The van der Waals surface area contributed by atoms with Gasteiger partial charge in [0.25, 0.3) is 5.70 Å². The molecule has 0 radical (unpaired) electrons. The van der Waals surface area contributed by atoms with Gasteiger partial charge in [-0.25, -0.2) is 10.1 Å². The first-order valence-corrected chi connectivity index (χ1v) is 12.8. The van der Waals surface area contributed by atoms with Crippen LogP contribution in [0, 0.1) is 34.7 Å². The summed E-state index contributed by atoms with van der Waals surface area (Å²) in [6.45, 7) is 21.4. The third-order valence-corrected chi connectivity index (χ3v) is 7.74. The van der Waals surface area contributed by atoms with Crippen LogP contribution < -0.4 is 4.90 Å². The summed E-state index contributed by atoms with van der Waals surface area (Å²) in [6.07, 6.45) is 11.2. The van der Waals surface area contributed by atoms with Crippen LogP contribution in [0.25, 0.3) is 10.9 Å². The van der Waals surface area contributed by atoms with Crippen LogP contribution in [0.5, 0.6) is 0 Å². The van der Waals surface area contributed by atoms with Crippen molar-refractivity contribution in [2.24, 2.45) is 16.7 Å². The molecule has 3 heterocycles. The molecule has 0 fully saturated rings. The molecule has 1 unspecified atom stereocenters. The molecule has 4 aliphatic rings. The molecule has 4 heteroatoms. The second kappa shape index (κ2) is 8.46. The van der Waals surface area contributed by atoms with Gasteiger partial charge in [-0.1, -0.05) is 40.7 Å². The summed E-state index contributed by atoms with van der Waals surface area (Å²) in [4.78, 5) is 6.13. The zero-order chi connectivity index (χ0) is 25.0. The van der Waals surface area contributed by atoms with E-state index in [0.29, 0.717) is 11.7 Å². The molecule has 1 atom stereocenters. The van der Waals surface area contributed by atoms with Crippen molar-refractivity contribution in [3.8, 4) is 6.07 Å². The summed E-state index contributed by atoms with van der Waals surface area (Å²) in [6, 6.07) is 6.79. The topological polar surface area (TPSA) is 40.6 Å². The normalized spacial score (nSPS) is 25.6. The van der Waals surface area contributed by atoms with Gasteiger partial charge in [-0.2, -0.15) is 0 Å². The van der Waals surface area contributed by atoms with E-state index in [4.69, 9.17) is 11.3 Å². The van der Waals surface area contributed by atoms with Crippen LogP contribution in [0.15, 0.2) is 52.6 Å². The smallest absolute Gasteiger partial charge is 0.269 e. The van der Waals surface area contributed by atoms with Gasteiger partial charge >= 0.3 is 0 Å². The summed E-state index contributed by atoms with van der Waals surface area (Å²) in [5, 5.41) is 9.57. The number of allylic oxidation sites excluding steroid dienone is 6. The highest BCUT2D eigenvalue weighted by atomic mass is 16.5. The first-order valence-electron chi connectivity index (χ1n) is 12.8. The molecule has 35 heavy (non-hydrogen) atoms. The summed E-state index contributed by atoms with van der Waals surface area (Å²) < 4.78 is 6.36. The lowest BCUT2D eigenvalue weighted by molar-refractivity contribution is 0.243. The minimum atomic E-state index is 0.156. The minimum Gasteiger partial charge on any atom is -0.461 e. The molecule has 0 aromatic heterocycles. The van der Waals surface area contributed by atoms with E-state index in [9.17, 15) is 5.26 Å². The van der Waals surface area contributed by atoms with E-state index < -0.39 is 0 Å². The van der Waals surface area contributed by atoms with Gasteiger partial charge in [-0.15, -0.1) is 0 Å². The first-order chi connectivity index (χ1) is 16.6. The van der Waals surface area contributed by atoms with Gasteiger partial charge in [0, 0.05) is 30.3 Å². The number of benzene rings is 1. The highest BCUT2D eigenvalue weighted by Gasteiger charge is 2.38. The molecule has 1 aromatic rings. The van der Waals surface area contributed by atoms with E-state index >= 15 is 0 Å². The van der Waals surface area contributed by atoms with Crippen molar-refractivity contribution >= 4 is 11.8 Å². The maximum Gasteiger partial charge on any atom is 0.269 e. The Bertz CT molecular complexity index is 1230. The molecule has 5 rings (SSSR count). The van der Waals surface area contributed by atoms with Crippen molar-refractivity contribution in [3.63, 3.8) is 0 Å². The van der Waals surface area contributed by atoms with Crippen LogP contribution in [0.2, 0.25) is 0 Å². The van der Waals surface area contributed by atoms with Crippen molar-refractivity contribution < 1.29 is 4.74 Å². The van der Waals surface area contributed by atoms with E-state index in [-0.39, 0.29) is 16.5 Å². The number of nitriles is 1. The van der Waals surface area contributed by atoms with Crippen LogP contribution in [-0.4, -0.2) is 13.1 Å². The molecule has 0 saturated carbocycles. The maximum absolute atomic E-state index is 9.57. The lowest BCUT2D eigenvalue weighted by Gasteiger charge is -2.48. The first kappa shape index (κ1) is 23.5. The van der Waals surface area contributed by atoms with E-state index in [2.05, 4.69) is 68.6 Å². The fourth-order valence-corrected chi connectivity index (χ4v) is 6.52. The van der Waals surface area contributed by atoms with Crippen LogP contribution in [0.1, 0.15) is 70.6 Å². The van der Waals surface area contributed by atoms with Gasteiger partial charge in [0.05, 0.1) is 12.6 Å². The Hall–Kier alpha value is -3.24. The minimum absolute atomic E-state index is 0.156. The Kier molecular flexibility index (Phi) is 5.68. The Morgan fingerprint density at radius 3 is 2.40 bits per heavy atom. The maximum atomic E-state index is 9.57. The van der Waals surface area contributed by atoms with Gasteiger partial charge in [0.1, 0.15) is 11.5 Å². The summed E-state index contributed by atoms with van der Waals surface area (Å²) in [5.41, 5.74) is 7.98. The predicted octanol–water partition coefficient (Wildman–Crippen LogP) is 7.36. The zero-order valence-electron chi connectivity index (χ0n) is 21.7. The van der Waals surface area contributed by atoms with Crippen LogP contribution in [0.3, 0.4) is 0 Å². The average Bonchev–Trinajstić information content (AvgIpc) is 2.77. The number of ether oxygens (including phenoxy) is 1. The Morgan fingerprint density at radius 1 is 1.14 bits per heavy atom. The molecule has 1 aromatic carbocycles. The lowest BCUT2D eigenvalue weighted by Crippen LogP contribution is -2.48. The van der Waals surface area contributed by atoms with Crippen LogP contribution in [-0.2, 0) is 17.6 Å². The van der Waals surface area contributed by atoms with Crippen LogP contribution in [0.4, 0.5) is 5.69 Å². The van der Waals surface area contributed by atoms with E-state index in [0.717, 1.165) is 62.1 Å². The third kappa shape index (κ3) is 4.43. The molecule has 4 nitrogen and oxygen atoms in total. The number of hydrogen-bond acceptors (Lipinski definition) is 3. The molecular formula is C31H35N3O. The predicted molar refractivity (Wildman–Crippen MR) is 141 cm³/mol. The SMILES string of the molecule is [C-]#[N+]/C(C#N)=C1C=C(/C=C/c2cc3c4c(c2)CC(C)(C)CN4CC(C)(C)C3)OC2=C/1CCCC2C. The van der Waals surface area contributed by atoms with Gasteiger partial charge in [0.15, 0.2) is 0 Å². The third-order valence-electron chi connectivity index (χ3n) is 7.74. The van der Waals surface area contributed by atoms with Crippen LogP contribution >= 0.6 is 0 Å². The molecular weight excluding hydrogens is 430 g/mol. The zero-order valence-corrected chi connectivity index (χ0v) is 21.7. The van der Waals surface area contributed by atoms with Gasteiger partial charge in [0.2, 0.25) is 0 Å². The average molecular weight is 466 g/mol. The molecule has 180 valence electrons. The Morgan fingerprint density at radius 2 is 1.80 bits per heavy atom. The van der Waals surface area contributed by atoms with Gasteiger partial charge in [-0.3, -0.25) is 0 Å². The van der Waals surface area contributed by atoms with E-state index in [1.807, 2.05) is 12.2 Å². The fraction of sp³-hybridized carbons (Fsp3) is 0.484. The molecule has 0 saturated heterocycles. The van der Waals surface area contributed by atoms with E-state index in [1.54, 1.807) is 0 Å². The van der Waals surface area contributed by atoms with Gasteiger partial charge in [-0.05, 0) is 89.5 Å². The number of rotatable bonds is 2. The standard InChI is InChI=1S/C31H35N3O/c1-20-8-7-9-25-26(27(17-32)33-6)14-24(35-29(20)25)11-10-21-12-22-15-30(2,3)18-34-19-31(4,5)16-23(13-21)28(22)34/h10-14,20H,7-9,15-16,18-19H2,1-5H3/b11-10+,27-26-. The summed E-state index contributed by atoms with van der Waals surface area (Å²) >= 11 is 0. The number of nitrogens with zero attached hydrogens (tertiary/aromatic N) is 3. The molecule has 0 bridgehead atoms. The van der Waals surface area contributed by atoms with Gasteiger partial charge < -0.3 is 9.64 Å². The quantitative estimate of drug-likeness (QED) is 0.338. The van der Waals surface area contributed by atoms with Crippen molar-refractivity contribution in [1.29, 1.82) is 5.26 Å². The summed E-state index contributed by atoms with van der Waals surface area (Å²) in [5.74, 6) is 1.93. The van der Waals surface area contributed by atoms with Crippen molar-refractivity contribution in [3.05, 3.63) is 80.8 Å². The van der Waals surface area contributed by atoms with E-state index in [1.165, 1.54) is 22.4 Å². The second-order valence-electron chi connectivity index (χ2n) is 12.3. The lowest BCUT2D eigenvalue weighted by atomic mass is 9.73. The fourth-order valence-electron chi connectivity index (χ4n) is 6.52. The highest BCUT2D eigenvalue weighted by molar-refractivity contribution is 5.69.